The van der Waals surface area contributed by atoms with Crippen LogP contribution in [0.25, 0.3) is 16.9 Å². The van der Waals surface area contributed by atoms with Crippen molar-refractivity contribution in [1.82, 2.24) is 23.1 Å². The number of nitrogens with zero attached hydrogens (tertiary/aromatic N) is 5. The first-order chi connectivity index (χ1) is 15.4. The number of aryl methyl sites for hydroxylation is 2. The van der Waals surface area contributed by atoms with Crippen LogP contribution >= 0.6 is 0 Å². The van der Waals surface area contributed by atoms with E-state index in [1.807, 2.05) is 48.0 Å². The molecule has 0 amide bonds. The molecule has 0 aliphatic rings. The van der Waals surface area contributed by atoms with Crippen molar-refractivity contribution in [2.75, 3.05) is 0 Å². The van der Waals surface area contributed by atoms with Crippen LogP contribution in [0.3, 0.4) is 0 Å². The maximum Gasteiger partial charge on any atom is 0.332 e. The van der Waals surface area contributed by atoms with E-state index in [4.69, 9.17) is 0 Å². The van der Waals surface area contributed by atoms with Gasteiger partial charge in [0.1, 0.15) is 5.82 Å². The summed E-state index contributed by atoms with van der Waals surface area (Å²) in [6.45, 7) is 3.87. The first kappa shape index (κ1) is 20.0. The predicted molar refractivity (Wildman–Crippen MR) is 121 cm³/mol. The van der Waals surface area contributed by atoms with Crippen molar-refractivity contribution >= 4 is 16.9 Å². The van der Waals surface area contributed by atoms with Gasteiger partial charge in [0.05, 0.1) is 12.6 Å². The van der Waals surface area contributed by atoms with Gasteiger partial charge in [-0.3, -0.25) is 18.3 Å². The van der Waals surface area contributed by atoms with Crippen molar-refractivity contribution in [1.29, 1.82) is 0 Å². The van der Waals surface area contributed by atoms with Crippen LogP contribution in [-0.4, -0.2) is 23.1 Å². The van der Waals surface area contributed by atoms with Gasteiger partial charge < -0.3 is 4.57 Å². The van der Waals surface area contributed by atoms with Gasteiger partial charge in [-0.15, -0.1) is 0 Å². The molecule has 0 N–H and O–H groups in total. The third-order valence-electron chi connectivity index (χ3n) is 6.02. The van der Waals surface area contributed by atoms with Crippen LogP contribution in [0.4, 0.5) is 4.39 Å². The Morgan fingerprint density at radius 3 is 2.44 bits per heavy atom. The molecule has 162 valence electrons. The molecule has 0 bridgehead atoms. The molecule has 0 saturated carbocycles. The SMILES string of the molecule is Cc1cn2c3c(=O)n(Cc4ccccc4F)c(=O)n(C)c3nc2n1C(C)c1ccccc1. The average Bonchev–Trinajstić information content (AvgIpc) is 3.31. The van der Waals surface area contributed by atoms with Gasteiger partial charge in [-0.1, -0.05) is 48.5 Å². The summed E-state index contributed by atoms with van der Waals surface area (Å²) in [5.74, 6) is 0.114. The van der Waals surface area contributed by atoms with E-state index in [-0.39, 0.29) is 18.2 Å². The second-order valence-electron chi connectivity index (χ2n) is 8.01. The lowest BCUT2D eigenvalue weighted by Gasteiger charge is -2.16. The van der Waals surface area contributed by atoms with Gasteiger partial charge in [0.25, 0.3) is 5.56 Å². The topological polar surface area (TPSA) is 66.2 Å². The van der Waals surface area contributed by atoms with E-state index in [9.17, 15) is 14.0 Å². The van der Waals surface area contributed by atoms with Crippen molar-refractivity contribution in [3.8, 4) is 0 Å². The van der Waals surface area contributed by atoms with Crippen molar-refractivity contribution < 1.29 is 4.39 Å². The fraction of sp³-hybridized carbons (Fsp3) is 0.208. The molecule has 0 saturated heterocycles. The lowest BCUT2D eigenvalue weighted by atomic mass is 10.1. The highest BCUT2D eigenvalue weighted by Crippen LogP contribution is 2.25. The molecule has 5 rings (SSSR count). The van der Waals surface area contributed by atoms with Gasteiger partial charge in [0, 0.05) is 24.5 Å². The second-order valence-corrected chi connectivity index (χ2v) is 8.01. The van der Waals surface area contributed by atoms with Crippen LogP contribution < -0.4 is 11.2 Å². The zero-order valence-corrected chi connectivity index (χ0v) is 18.0. The van der Waals surface area contributed by atoms with Gasteiger partial charge in [0.15, 0.2) is 11.2 Å². The average molecular weight is 431 g/mol. The van der Waals surface area contributed by atoms with Crippen LogP contribution in [-0.2, 0) is 13.6 Å². The maximum absolute atomic E-state index is 14.2. The summed E-state index contributed by atoms with van der Waals surface area (Å²) < 4.78 is 20.4. The largest absolute Gasteiger partial charge is 0.332 e. The zero-order valence-electron chi connectivity index (χ0n) is 18.0. The van der Waals surface area contributed by atoms with Crippen molar-refractivity contribution in [2.45, 2.75) is 26.4 Å². The molecule has 0 fully saturated rings. The Bertz CT molecular complexity index is 1590. The van der Waals surface area contributed by atoms with Crippen molar-refractivity contribution in [2.24, 2.45) is 7.05 Å². The van der Waals surface area contributed by atoms with E-state index < -0.39 is 17.1 Å². The Hall–Kier alpha value is -3.94. The number of benzene rings is 2. The predicted octanol–water partition coefficient (Wildman–Crippen LogP) is 3.25. The molecule has 0 spiro atoms. The lowest BCUT2D eigenvalue weighted by molar-refractivity contribution is 0.582. The summed E-state index contributed by atoms with van der Waals surface area (Å²) >= 11 is 0. The second kappa shape index (κ2) is 7.33. The molecule has 1 unspecified atom stereocenters. The van der Waals surface area contributed by atoms with Gasteiger partial charge >= 0.3 is 5.69 Å². The molecule has 2 aromatic carbocycles. The van der Waals surface area contributed by atoms with Crippen LogP contribution in [0.15, 0.2) is 70.4 Å². The van der Waals surface area contributed by atoms with E-state index in [2.05, 4.69) is 11.9 Å². The number of hydrogen-bond acceptors (Lipinski definition) is 3. The summed E-state index contributed by atoms with van der Waals surface area (Å²) in [6.07, 6.45) is 1.85. The van der Waals surface area contributed by atoms with Gasteiger partial charge in [-0.25, -0.2) is 9.18 Å². The smallest absolute Gasteiger partial charge is 0.307 e. The van der Waals surface area contributed by atoms with E-state index >= 15 is 0 Å². The van der Waals surface area contributed by atoms with Crippen molar-refractivity contribution in [3.05, 3.63) is 104 Å². The molecule has 3 aromatic heterocycles. The minimum atomic E-state index is -0.536. The Kier molecular flexibility index (Phi) is 4.58. The van der Waals surface area contributed by atoms with Crippen LogP contribution in [0.1, 0.15) is 29.8 Å². The molecule has 0 radical (unpaired) electrons. The van der Waals surface area contributed by atoms with E-state index in [0.29, 0.717) is 16.9 Å². The molecule has 7 nitrogen and oxygen atoms in total. The Morgan fingerprint density at radius 1 is 1.03 bits per heavy atom. The monoisotopic (exact) mass is 431 g/mol. The Morgan fingerprint density at radius 2 is 1.72 bits per heavy atom. The van der Waals surface area contributed by atoms with Crippen molar-refractivity contribution in [3.63, 3.8) is 0 Å². The van der Waals surface area contributed by atoms with Crippen LogP contribution in [0.5, 0.6) is 0 Å². The molecule has 0 aliphatic carbocycles. The minimum Gasteiger partial charge on any atom is -0.307 e. The number of hydrogen-bond donors (Lipinski definition) is 0. The molecular weight excluding hydrogens is 409 g/mol. The highest BCUT2D eigenvalue weighted by molar-refractivity contribution is 5.75. The van der Waals surface area contributed by atoms with E-state index in [1.165, 1.54) is 10.6 Å². The summed E-state index contributed by atoms with van der Waals surface area (Å²) in [4.78, 5) is 31.1. The first-order valence-corrected chi connectivity index (χ1v) is 10.4. The molecule has 5 aromatic rings. The van der Waals surface area contributed by atoms with E-state index in [0.717, 1.165) is 15.8 Å². The number of rotatable bonds is 4. The molecular formula is C24H22FN5O2. The Balaban J connectivity index is 1.76. The standard InChI is InChI=1S/C24H22FN5O2/c1-15-13-28-20-21(26-23(28)30(15)16(2)17-9-5-4-6-10-17)27(3)24(32)29(22(20)31)14-18-11-7-8-12-19(18)25/h4-13,16H,14H2,1-3H3. The van der Waals surface area contributed by atoms with Gasteiger partial charge in [-0.2, -0.15) is 4.98 Å². The van der Waals surface area contributed by atoms with Gasteiger partial charge in [0.2, 0.25) is 5.78 Å². The highest BCUT2D eigenvalue weighted by Gasteiger charge is 2.22. The molecule has 3 heterocycles. The zero-order chi connectivity index (χ0) is 22.6. The van der Waals surface area contributed by atoms with Gasteiger partial charge in [-0.05, 0) is 25.5 Å². The quantitative estimate of drug-likeness (QED) is 0.439. The number of imidazole rings is 2. The molecule has 0 aliphatic heterocycles. The fourth-order valence-corrected chi connectivity index (χ4v) is 4.32. The van der Waals surface area contributed by atoms with Crippen LogP contribution in [0, 0.1) is 12.7 Å². The molecule has 8 heteroatoms. The summed E-state index contributed by atoms with van der Waals surface area (Å²) in [7, 11) is 1.58. The van der Waals surface area contributed by atoms with Crippen LogP contribution in [0.2, 0.25) is 0 Å². The molecule has 1 atom stereocenters. The normalized spacial score (nSPS) is 12.6. The lowest BCUT2D eigenvalue weighted by Crippen LogP contribution is -2.39. The first-order valence-electron chi connectivity index (χ1n) is 10.4. The highest BCUT2D eigenvalue weighted by atomic mass is 19.1. The number of aromatic nitrogens is 5. The third-order valence-corrected chi connectivity index (χ3v) is 6.02. The molecule has 32 heavy (non-hydrogen) atoms. The minimum absolute atomic E-state index is 0.0248. The van der Waals surface area contributed by atoms with E-state index in [1.54, 1.807) is 29.6 Å². The summed E-state index contributed by atoms with van der Waals surface area (Å²) in [5, 5.41) is 0. The Labute approximate surface area is 182 Å². The summed E-state index contributed by atoms with van der Waals surface area (Å²) in [6, 6.07) is 16.1. The number of fused-ring (bicyclic) bond motifs is 3. The maximum atomic E-state index is 14.2. The summed E-state index contributed by atoms with van der Waals surface area (Å²) in [5.41, 5.74) is 1.87. The fourth-order valence-electron chi connectivity index (χ4n) is 4.32. The number of halogens is 1. The third kappa shape index (κ3) is 2.90.